The summed E-state index contributed by atoms with van der Waals surface area (Å²) in [4.78, 5) is 10.8. The molecule has 98 valence electrons. The molecule has 0 radical (unpaired) electrons. The number of tetrazole rings is 1. The van der Waals surface area contributed by atoms with Gasteiger partial charge in [-0.15, -0.1) is 5.10 Å². The molecule has 0 bridgehead atoms. The van der Waals surface area contributed by atoms with Crippen molar-refractivity contribution in [2.45, 2.75) is 31.7 Å². The van der Waals surface area contributed by atoms with E-state index in [-0.39, 0.29) is 12.5 Å². The smallest absolute Gasteiger partial charge is 0.325 e. The van der Waals surface area contributed by atoms with E-state index in [0.717, 1.165) is 19.3 Å². The molecule has 0 saturated carbocycles. The maximum atomic E-state index is 10.8. The van der Waals surface area contributed by atoms with E-state index in [0.29, 0.717) is 5.82 Å². The molecule has 1 aromatic carbocycles. The third-order valence-electron chi connectivity index (χ3n) is 3.56. The van der Waals surface area contributed by atoms with E-state index in [1.807, 2.05) is 12.1 Å². The number of aliphatic carboxylic acids is 1. The zero-order valence-electron chi connectivity index (χ0n) is 10.4. The number of rotatable bonds is 3. The summed E-state index contributed by atoms with van der Waals surface area (Å²) in [5.41, 5.74) is 2.68. The van der Waals surface area contributed by atoms with Gasteiger partial charge in [-0.3, -0.25) is 4.79 Å². The average molecular weight is 258 g/mol. The molecule has 1 heterocycles. The summed E-state index contributed by atoms with van der Waals surface area (Å²) in [7, 11) is 0. The fourth-order valence-electron chi connectivity index (χ4n) is 2.66. The minimum Gasteiger partial charge on any atom is -0.480 e. The molecule has 0 amide bonds. The maximum absolute atomic E-state index is 10.8. The Morgan fingerprint density at radius 3 is 2.95 bits per heavy atom. The van der Waals surface area contributed by atoms with Gasteiger partial charge in [-0.2, -0.15) is 0 Å². The number of fused-ring (bicyclic) bond motifs is 1. The van der Waals surface area contributed by atoms with Crippen molar-refractivity contribution in [1.82, 2.24) is 20.2 Å². The summed E-state index contributed by atoms with van der Waals surface area (Å²) in [6.45, 7) is -0.180. The molecule has 1 aliphatic carbocycles. The van der Waals surface area contributed by atoms with Gasteiger partial charge in [0.15, 0.2) is 5.82 Å². The summed E-state index contributed by atoms with van der Waals surface area (Å²) in [6, 6.07) is 8.34. The van der Waals surface area contributed by atoms with Crippen molar-refractivity contribution >= 4 is 5.97 Å². The third-order valence-corrected chi connectivity index (χ3v) is 3.56. The first-order valence-electron chi connectivity index (χ1n) is 6.28. The first-order valence-corrected chi connectivity index (χ1v) is 6.28. The summed E-state index contributed by atoms with van der Waals surface area (Å²) in [5.74, 6) is -0.0501. The van der Waals surface area contributed by atoms with Crippen molar-refractivity contribution in [3.63, 3.8) is 0 Å². The molecule has 0 saturated heterocycles. The molecule has 1 aliphatic rings. The zero-order chi connectivity index (χ0) is 13.2. The van der Waals surface area contributed by atoms with Gasteiger partial charge in [0, 0.05) is 5.92 Å². The monoisotopic (exact) mass is 258 g/mol. The Bertz CT molecular complexity index is 608. The van der Waals surface area contributed by atoms with E-state index in [1.54, 1.807) is 0 Å². The van der Waals surface area contributed by atoms with Crippen LogP contribution in [0.4, 0.5) is 0 Å². The molecule has 1 atom stereocenters. The highest BCUT2D eigenvalue weighted by molar-refractivity contribution is 5.66. The van der Waals surface area contributed by atoms with Crippen molar-refractivity contribution in [2.24, 2.45) is 0 Å². The van der Waals surface area contributed by atoms with Gasteiger partial charge >= 0.3 is 5.97 Å². The maximum Gasteiger partial charge on any atom is 0.325 e. The molecule has 0 fully saturated rings. The molecule has 6 heteroatoms. The highest BCUT2D eigenvalue weighted by atomic mass is 16.4. The number of benzene rings is 1. The summed E-state index contributed by atoms with van der Waals surface area (Å²) in [6.07, 6.45) is 2.81. The Morgan fingerprint density at radius 2 is 2.16 bits per heavy atom. The molecular formula is C13H14N4O2. The lowest BCUT2D eigenvalue weighted by atomic mass is 9.83. The Kier molecular flexibility index (Phi) is 2.98. The molecule has 1 N–H and O–H groups in total. The molecule has 6 nitrogen and oxygen atoms in total. The van der Waals surface area contributed by atoms with Crippen LogP contribution >= 0.6 is 0 Å². The summed E-state index contributed by atoms with van der Waals surface area (Å²) < 4.78 is 1.39. The number of carboxylic acids is 1. The number of hydrogen-bond acceptors (Lipinski definition) is 4. The van der Waals surface area contributed by atoms with Crippen LogP contribution in [-0.4, -0.2) is 31.3 Å². The van der Waals surface area contributed by atoms with Gasteiger partial charge in [-0.1, -0.05) is 24.3 Å². The van der Waals surface area contributed by atoms with Crippen LogP contribution in [0.3, 0.4) is 0 Å². The second-order valence-corrected chi connectivity index (χ2v) is 4.80. The van der Waals surface area contributed by atoms with Gasteiger partial charge in [0.05, 0.1) is 0 Å². The van der Waals surface area contributed by atoms with Crippen molar-refractivity contribution in [3.05, 3.63) is 41.2 Å². The quantitative estimate of drug-likeness (QED) is 0.889. The second kappa shape index (κ2) is 4.79. The third kappa shape index (κ3) is 2.33. The zero-order valence-corrected chi connectivity index (χ0v) is 10.4. The van der Waals surface area contributed by atoms with Crippen molar-refractivity contribution in [3.8, 4) is 0 Å². The lowest BCUT2D eigenvalue weighted by Gasteiger charge is -2.23. The number of aromatic nitrogens is 4. The predicted octanol–water partition coefficient (Wildman–Crippen LogP) is 1.03. The minimum atomic E-state index is -0.926. The van der Waals surface area contributed by atoms with Crippen LogP contribution in [-0.2, 0) is 24.2 Å². The summed E-state index contributed by atoms with van der Waals surface area (Å²) >= 11 is 0. The average Bonchev–Trinajstić information content (AvgIpc) is 2.85. The van der Waals surface area contributed by atoms with Crippen LogP contribution in [0.5, 0.6) is 0 Å². The molecular weight excluding hydrogens is 244 g/mol. The van der Waals surface area contributed by atoms with E-state index in [4.69, 9.17) is 5.11 Å². The first kappa shape index (κ1) is 11.8. The Hall–Kier alpha value is -2.24. The van der Waals surface area contributed by atoms with Gasteiger partial charge in [0.2, 0.25) is 0 Å². The largest absolute Gasteiger partial charge is 0.480 e. The van der Waals surface area contributed by atoms with E-state index in [2.05, 4.69) is 27.7 Å². The molecule has 3 rings (SSSR count). The van der Waals surface area contributed by atoms with Crippen LogP contribution < -0.4 is 0 Å². The van der Waals surface area contributed by atoms with Gasteiger partial charge < -0.3 is 5.11 Å². The SMILES string of the molecule is O=C(O)Cn1nnnc1C1CCc2ccccc2C1. The molecule has 2 aromatic rings. The first-order chi connectivity index (χ1) is 9.24. The highest BCUT2D eigenvalue weighted by Gasteiger charge is 2.25. The Balaban J connectivity index is 1.85. The van der Waals surface area contributed by atoms with Crippen molar-refractivity contribution < 1.29 is 9.90 Å². The van der Waals surface area contributed by atoms with Crippen LogP contribution in [0, 0.1) is 0 Å². The van der Waals surface area contributed by atoms with Crippen molar-refractivity contribution in [2.75, 3.05) is 0 Å². The highest BCUT2D eigenvalue weighted by Crippen LogP contribution is 2.31. The number of carbonyl (C=O) groups is 1. The molecule has 0 aliphatic heterocycles. The summed E-state index contributed by atoms with van der Waals surface area (Å²) in [5, 5.41) is 20.2. The van der Waals surface area contributed by atoms with Crippen molar-refractivity contribution in [1.29, 1.82) is 0 Å². The van der Waals surface area contributed by atoms with Gasteiger partial charge in [-0.05, 0) is 40.8 Å². The normalized spacial score (nSPS) is 18.0. The van der Waals surface area contributed by atoms with Crippen LogP contribution in [0.1, 0.15) is 29.3 Å². The van der Waals surface area contributed by atoms with Gasteiger partial charge in [0.1, 0.15) is 6.54 Å². The van der Waals surface area contributed by atoms with Gasteiger partial charge in [0.25, 0.3) is 0 Å². The number of nitrogens with zero attached hydrogens (tertiary/aromatic N) is 4. The van der Waals surface area contributed by atoms with E-state index in [1.165, 1.54) is 15.8 Å². The Morgan fingerprint density at radius 1 is 1.37 bits per heavy atom. The lowest BCUT2D eigenvalue weighted by Crippen LogP contribution is -2.20. The fraction of sp³-hybridized carbons (Fsp3) is 0.385. The minimum absolute atomic E-state index is 0.180. The standard InChI is InChI=1S/C13H14N4O2/c18-12(19)8-17-13(14-15-16-17)11-6-5-9-3-1-2-4-10(9)7-11/h1-4,11H,5-8H2,(H,18,19). The number of carboxylic acid groups (broad SMARTS) is 1. The van der Waals surface area contributed by atoms with Crippen LogP contribution in [0.2, 0.25) is 0 Å². The molecule has 19 heavy (non-hydrogen) atoms. The van der Waals surface area contributed by atoms with Gasteiger partial charge in [-0.25, -0.2) is 4.68 Å². The molecule has 0 spiro atoms. The van der Waals surface area contributed by atoms with E-state index < -0.39 is 5.97 Å². The fourth-order valence-corrected chi connectivity index (χ4v) is 2.66. The Labute approximate surface area is 110 Å². The second-order valence-electron chi connectivity index (χ2n) is 4.80. The predicted molar refractivity (Wildman–Crippen MR) is 66.7 cm³/mol. The van der Waals surface area contributed by atoms with Crippen LogP contribution in [0.25, 0.3) is 0 Å². The lowest BCUT2D eigenvalue weighted by molar-refractivity contribution is -0.138. The number of hydrogen-bond donors (Lipinski definition) is 1. The number of aryl methyl sites for hydroxylation is 1. The topological polar surface area (TPSA) is 80.9 Å². The van der Waals surface area contributed by atoms with E-state index >= 15 is 0 Å². The van der Waals surface area contributed by atoms with E-state index in [9.17, 15) is 4.79 Å². The molecule has 1 aromatic heterocycles. The molecule has 1 unspecified atom stereocenters. The van der Waals surface area contributed by atoms with Crippen LogP contribution in [0.15, 0.2) is 24.3 Å².